The maximum Gasteiger partial charge on any atom is 0.262 e. The van der Waals surface area contributed by atoms with E-state index >= 15 is 0 Å². The fourth-order valence-electron chi connectivity index (χ4n) is 3.95. The number of hydroxylamine groups is 1. The molecule has 0 spiro atoms. The van der Waals surface area contributed by atoms with Crippen molar-refractivity contribution in [3.63, 3.8) is 0 Å². The first-order valence-electron chi connectivity index (χ1n) is 10.0. The molecule has 3 rings (SSSR count). The Morgan fingerprint density at radius 1 is 1.22 bits per heavy atom. The summed E-state index contributed by atoms with van der Waals surface area (Å²) in [6.07, 6.45) is 4.48. The Labute approximate surface area is 193 Å². The Morgan fingerprint density at radius 2 is 1.88 bits per heavy atom. The van der Waals surface area contributed by atoms with Gasteiger partial charge >= 0.3 is 0 Å². The summed E-state index contributed by atoms with van der Waals surface area (Å²) in [5, 5.41) is 19.3. The number of sulfonamides is 1. The number of hydrogen-bond acceptors (Lipinski definition) is 7. The molecule has 1 aliphatic carbocycles. The van der Waals surface area contributed by atoms with Gasteiger partial charge in [0.15, 0.2) is 0 Å². The van der Waals surface area contributed by atoms with Crippen LogP contribution in [0, 0.1) is 5.92 Å². The Bertz CT molecular complexity index is 967. The molecule has 1 amide bonds. The second kappa shape index (κ2) is 11.6. The fraction of sp³-hybridized carbons (Fsp3) is 0.429. The van der Waals surface area contributed by atoms with Crippen molar-refractivity contribution >= 4 is 28.3 Å². The van der Waals surface area contributed by atoms with E-state index in [1.165, 1.54) is 37.6 Å². The van der Waals surface area contributed by atoms with Gasteiger partial charge in [0.25, 0.3) is 5.91 Å². The molecule has 1 heterocycles. The molecule has 0 bridgehead atoms. The van der Waals surface area contributed by atoms with Crippen molar-refractivity contribution in [3.8, 4) is 5.75 Å². The predicted octanol–water partition coefficient (Wildman–Crippen LogP) is 2.13. The largest absolute Gasteiger partial charge is 0.497 e. The van der Waals surface area contributed by atoms with Crippen LogP contribution in [-0.2, 0) is 21.4 Å². The highest BCUT2D eigenvalue weighted by atomic mass is 35.5. The number of halogens is 1. The number of aromatic nitrogens is 1. The lowest BCUT2D eigenvalue weighted by Gasteiger charge is -2.37. The third-order valence-corrected chi connectivity index (χ3v) is 7.45. The van der Waals surface area contributed by atoms with Gasteiger partial charge in [-0.2, -0.15) is 4.31 Å². The third-order valence-electron chi connectivity index (χ3n) is 5.60. The van der Waals surface area contributed by atoms with E-state index in [0.29, 0.717) is 37.0 Å². The highest BCUT2D eigenvalue weighted by Gasteiger charge is 2.42. The number of hydrogen-bond donors (Lipinski definition) is 3. The molecule has 3 N–H and O–H groups in total. The summed E-state index contributed by atoms with van der Waals surface area (Å²) in [4.78, 5) is 16.8. The number of carbonyl (C=O) groups excluding carboxylic acids is 1. The Morgan fingerprint density at radius 3 is 2.41 bits per heavy atom. The molecular formula is C21H28ClN3O6S. The van der Waals surface area contributed by atoms with E-state index in [1.807, 2.05) is 0 Å². The van der Waals surface area contributed by atoms with Gasteiger partial charge in [-0.05, 0) is 67.5 Å². The monoisotopic (exact) mass is 485 g/mol. The zero-order valence-corrected chi connectivity index (χ0v) is 19.3. The van der Waals surface area contributed by atoms with Crippen LogP contribution in [0.25, 0.3) is 0 Å². The molecule has 1 aromatic heterocycles. The third kappa shape index (κ3) is 5.96. The van der Waals surface area contributed by atoms with Crippen molar-refractivity contribution in [1.82, 2.24) is 14.8 Å². The summed E-state index contributed by atoms with van der Waals surface area (Å²) >= 11 is 0. The number of nitrogens with one attached hydrogen (secondary N) is 1. The molecular weight excluding hydrogens is 458 g/mol. The molecule has 0 saturated heterocycles. The number of amides is 1. The standard InChI is InChI=1S/C21H27N3O6S.ClH/c1-30-18-8-10-19(11-9-18)31(28,29)24(14-15-3-2-12-22-13-15)20(21(26)23-27)16-4-6-17(25)7-5-16;/h2-3,8-13,16-17,20,25,27H,4-7,14H2,1H3,(H,23,26);1H/t16-,17-,20-;/m1./s1. The van der Waals surface area contributed by atoms with E-state index in [-0.39, 0.29) is 29.8 Å². The van der Waals surface area contributed by atoms with Crippen molar-refractivity contribution in [1.29, 1.82) is 0 Å². The average Bonchev–Trinajstić information content (AvgIpc) is 2.80. The van der Waals surface area contributed by atoms with Crippen molar-refractivity contribution in [2.75, 3.05) is 7.11 Å². The normalized spacial score (nSPS) is 19.6. The van der Waals surface area contributed by atoms with Gasteiger partial charge in [0.1, 0.15) is 11.8 Å². The maximum absolute atomic E-state index is 13.7. The van der Waals surface area contributed by atoms with E-state index in [2.05, 4.69) is 4.98 Å². The summed E-state index contributed by atoms with van der Waals surface area (Å²) in [5.41, 5.74) is 2.24. The van der Waals surface area contributed by atoms with Gasteiger partial charge in [0.2, 0.25) is 10.0 Å². The molecule has 0 radical (unpaired) electrons. The van der Waals surface area contributed by atoms with Crippen molar-refractivity contribution in [2.24, 2.45) is 5.92 Å². The first kappa shape index (κ1) is 26.0. The first-order valence-corrected chi connectivity index (χ1v) is 11.5. The molecule has 176 valence electrons. The second-order valence-corrected chi connectivity index (χ2v) is 9.47. The fourth-order valence-corrected chi connectivity index (χ4v) is 5.59. The number of aliphatic hydroxyl groups excluding tert-OH is 1. The lowest BCUT2D eigenvalue weighted by atomic mass is 9.82. The topological polar surface area (TPSA) is 129 Å². The lowest BCUT2D eigenvalue weighted by Crippen LogP contribution is -2.53. The van der Waals surface area contributed by atoms with Gasteiger partial charge in [0, 0.05) is 18.9 Å². The number of ether oxygens (including phenoxy) is 1. The number of carbonyl (C=O) groups is 1. The highest BCUT2D eigenvalue weighted by Crippen LogP contribution is 2.33. The zero-order chi connectivity index (χ0) is 22.4. The molecule has 11 heteroatoms. The van der Waals surface area contributed by atoms with Gasteiger partial charge in [0.05, 0.1) is 18.1 Å². The number of methoxy groups -OCH3 is 1. The number of rotatable bonds is 8. The van der Waals surface area contributed by atoms with Crippen LogP contribution in [0.4, 0.5) is 0 Å². The number of aliphatic hydroxyl groups is 1. The molecule has 0 aliphatic heterocycles. The molecule has 2 aromatic rings. The molecule has 9 nitrogen and oxygen atoms in total. The van der Waals surface area contributed by atoms with Crippen LogP contribution >= 0.6 is 12.4 Å². The average molecular weight is 486 g/mol. The van der Waals surface area contributed by atoms with Crippen molar-refractivity contribution < 1.29 is 28.3 Å². The van der Waals surface area contributed by atoms with Crippen LogP contribution in [0.2, 0.25) is 0 Å². The van der Waals surface area contributed by atoms with Crippen LogP contribution in [0.5, 0.6) is 5.75 Å². The quantitative estimate of drug-likeness (QED) is 0.385. The van der Waals surface area contributed by atoms with Crippen molar-refractivity contribution in [3.05, 3.63) is 54.4 Å². The Hall–Kier alpha value is -2.24. The number of benzene rings is 1. The minimum Gasteiger partial charge on any atom is -0.497 e. The SMILES string of the molecule is COc1ccc(S(=O)(=O)N(Cc2cccnc2)[C@@H](C(=O)NO)[C@H]2CC[C@H](O)CC2)cc1.Cl. The van der Waals surface area contributed by atoms with E-state index in [0.717, 1.165) is 4.31 Å². The smallest absolute Gasteiger partial charge is 0.262 e. The summed E-state index contributed by atoms with van der Waals surface area (Å²) in [6.45, 7) is -0.0979. The lowest BCUT2D eigenvalue weighted by molar-refractivity contribution is -0.136. The first-order chi connectivity index (χ1) is 14.9. The minimum atomic E-state index is -4.13. The molecule has 1 saturated carbocycles. The summed E-state index contributed by atoms with van der Waals surface area (Å²) in [7, 11) is -2.64. The number of pyridine rings is 1. The number of nitrogens with zero attached hydrogens (tertiary/aromatic N) is 2. The molecule has 1 fully saturated rings. The van der Waals surface area contributed by atoms with Crippen LogP contribution in [0.3, 0.4) is 0 Å². The van der Waals surface area contributed by atoms with E-state index in [9.17, 15) is 23.5 Å². The molecule has 0 unspecified atom stereocenters. The zero-order valence-electron chi connectivity index (χ0n) is 17.6. The summed E-state index contributed by atoms with van der Waals surface area (Å²) < 4.78 is 33.5. The van der Waals surface area contributed by atoms with E-state index < -0.39 is 28.1 Å². The summed E-state index contributed by atoms with van der Waals surface area (Å²) in [6, 6.07) is 8.17. The van der Waals surface area contributed by atoms with E-state index in [1.54, 1.807) is 23.8 Å². The van der Waals surface area contributed by atoms with Crippen LogP contribution in [0.15, 0.2) is 53.7 Å². The van der Waals surface area contributed by atoms with Crippen LogP contribution in [-0.4, -0.2) is 53.2 Å². The molecule has 1 aromatic carbocycles. The van der Waals surface area contributed by atoms with Gasteiger partial charge in [-0.25, -0.2) is 13.9 Å². The minimum absolute atomic E-state index is 0. The van der Waals surface area contributed by atoms with Crippen LogP contribution in [0.1, 0.15) is 31.2 Å². The van der Waals surface area contributed by atoms with Gasteiger partial charge < -0.3 is 9.84 Å². The Balaban J connectivity index is 0.00000363. The summed E-state index contributed by atoms with van der Waals surface area (Å²) in [5.74, 6) is -0.661. The predicted molar refractivity (Wildman–Crippen MR) is 119 cm³/mol. The van der Waals surface area contributed by atoms with Gasteiger partial charge in [-0.1, -0.05) is 6.07 Å². The van der Waals surface area contributed by atoms with Gasteiger partial charge in [-0.15, -0.1) is 12.4 Å². The molecule has 1 atom stereocenters. The van der Waals surface area contributed by atoms with Crippen molar-refractivity contribution in [2.45, 2.75) is 49.3 Å². The highest BCUT2D eigenvalue weighted by molar-refractivity contribution is 7.89. The maximum atomic E-state index is 13.7. The molecule has 32 heavy (non-hydrogen) atoms. The molecule has 1 aliphatic rings. The Kier molecular flexibility index (Phi) is 9.41. The van der Waals surface area contributed by atoms with E-state index in [4.69, 9.17) is 4.74 Å². The van der Waals surface area contributed by atoms with Crippen LogP contribution < -0.4 is 10.2 Å². The second-order valence-electron chi connectivity index (χ2n) is 7.58. The van der Waals surface area contributed by atoms with Gasteiger partial charge in [-0.3, -0.25) is 15.0 Å².